The third-order valence-corrected chi connectivity index (χ3v) is 5.65. The molecule has 0 aromatic carbocycles. The topological polar surface area (TPSA) is 69.3 Å². The highest BCUT2D eigenvalue weighted by Gasteiger charge is 2.12. The molecule has 0 aliphatic carbocycles. The summed E-state index contributed by atoms with van der Waals surface area (Å²) in [5, 5.41) is 3.07. The second-order valence-corrected chi connectivity index (χ2v) is 7.38. The number of hydrogen-bond acceptors (Lipinski definition) is 6. The van der Waals surface area contributed by atoms with Gasteiger partial charge in [-0.25, -0.2) is 9.97 Å². The van der Waals surface area contributed by atoms with E-state index in [1.54, 1.807) is 35.0 Å². The number of thiophene rings is 1. The van der Waals surface area contributed by atoms with E-state index in [0.29, 0.717) is 39.0 Å². The first-order chi connectivity index (χ1) is 12.7. The summed E-state index contributed by atoms with van der Waals surface area (Å²) in [4.78, 5) is 34.7. The van der Waals surface area contributed by atoms with Gasteiger partial charge in [0.15, 0.2) is 5.16 Å². The van der Waals surface area contributed by atoms with Crippen molar-refractivity contribution in [1.82, 2.24) is 18.9 Å². The molecule has 0 saturated heterocycles. The standard InChI is InChI=1S/C18H14N4O2S2/c1-2-7-22-17(24)13-6-9-25-16(13)20-18(22)26-11-12-10-15(23)21-8-4-3-5-14(21)19-12/h2-6,8-10H,1,7,11H2. The van der Waals surface area contributed by atoms with Gasteiger partial charge in [0.1, 0.15) is 10.5 Å². The summed E-state index contributed by atoms with van der Waals surface area (Å²) >= 11 is 2.83. The van der Waals surface area contributed by atoms with Gasteiger partial charge in [0.05, 0.1) is 11.1 Å². The number of pyridine rings is 1. The lowest BCUT2D eigenvalue weighted by molar-refractivity contribution is 0.672. The number of nitrogens with zero attached hydrogens (tertiary/aromatic N) is 4. The van der Waals surface area contributed by atoms with Crippen LogP contribution in [0.5, 0.6) is 0 Å². The van der Waals surface area contributed by atoms with E-state index in [0.717, 1.165) is 0 Å². The van der Waals surface area contributed by atoms with Crippen molar-refractivity contribution >= 4 is 39.0 Å². The smallest absolute Gasteiger partial charge is 0.263 e. The molecule has 0 spiro atoms. The number of hydrogen-bond donors (Lipinski definition) is 0. The van der Waals surface area contributed by atoms with Crippen molar-refractivity contribution in [2.75, 3.05) is 0 Å². The molecule has 26 heavy (non-hydrogen) atoms. The predicted octanol–water partition coefficient (Wildman–Crippen LogP) is 2.94. The maximum absolute atomic E-state index is 12.6. The summed E-state index contributed by atoms with van der Waals surface area (Å²) in [5.74, 6) is 0.446. The molecular formula is C18H14N4O2S2. The van der Waals surface area contributed by atoms with Crippen molar-refractivity contribution in [1.29, 1.82) is 0 Å². The fraction of sp³-hybridized carbons (Fsp3) is 0.111. The summed E-state index contributed by atoms with van der Waals surface area (Å²) in [6.07, 6.45) is 3.36. The number of fused-ring (bicyclic) bond motifs is 2. The molecule has 4 rings (SSSR count). The van der Waals surface area contributed by atoms with E-state index in [-0.39, 0.29) is 11.1 Å². The minimum absolute atomic E-state index is 0.0785. The zero-order valence-electron chi connectivity index (χ0n) is 13.7. The number of aromatic nitrogens is 4. The molecule has 4 heterocycles. The van der Waals surface area contributed by atoms with Crippen LogP contribution in [0.25, 0.3) is 15.9 Å². The monoisotopic (exact) mass is 382 g/mol. The van der Waals surface area contributed by atoms with Crippen LogP contribution < -0.4 is 11.1 Å². The summed E-state index contributed by atoms with van der Waals surface area (Å²) in [7, 11) is 0. The first-order valence-corrected chi connectivity index (χ1v) is 9.73. The van der Waals surface area contributed by atoms with Crippen molar-refractivity contribution in [2.24, 2.45) is 0 Å². The van der Waals surface area contributed by atoms with Gasteiger partial charge in [-0.15, -0.1) is 17.9 Å². The first-order valence-electron chi connectivity index (χ1n) is 7.86. The average Bonchev–Trinajstić information content (AvgIpc) is 3.11. The Morgan fingerprint density at radius 2 is 2.12 bits per heavy atom. The highest BCUT2D eigenvalue weighted by molar-refractivity contribution is 7.98. The highest BCUT2D eigenvalue weighted by Crippen LogP contribution is 2.23. The first kappa shape index (κ1) is 16.7. The van der Waals surface area contributed by atoms with Crippen LogP contribution in [0.3, 0.4) is 0 Å². The van der Waals surface area contributed by atoms with Crippen molar-refractivity contribution < 1.29 is 0 Å². The molecule has 0 aliphatic rings. The lowest BCUT2D eigenvalue weighted by atomic mass is 10.4. The molecule has 0 fully saturated rings. The van der Waals surface area contributed by atoms with Crippen molar-refractivity contribution in [3.05, 3.63) is 81.0 Å². The quantitative estimate of drug-likeness (QED) is 0.302. The van der Waals surface area contributed by atoms with Crippen LogP contribution >= 0.6 is 23.1 Å². The molecule has 0 N–H and O–H groups in total. The van der Waals surface area contributed by atoms with E-state index in [2.05, 4.69) is 16.5 Å². The van der Waals surface area contributed by atoms with Gasteiger partial charge in [0.2, 0.25) is 0 Å². The van der Waals surface area contributed by atoms with Crippen molar-refractivity contribution in [2.45, 2.75) is 17.5 Å². The third kappa shape index (κ3) is 2.97. The molecule has 0 unspecified atom stereocenters. The van der Waals surface area contributed by atoms with Crippen LogP contribution in [0.1, 0.15) is 5.69 Å². The normalized spacial score (nSPS) is 11.2. The molecule has 8 heteroatoms. The van der Waals surface area contributed by atoms with Gasteiger partial charge >= 0.3 is 0 Å². The van der Waals surface area contributed by atoms with Gasteiger partial charge in [-0.3, -0.25) is 18.6 Å². The maximum Gasteiger partial charge on any atom is 0.263 e. The van der Waals surface area contributed by atoms with Gasteiger partial charge in [0.25, 0.3) is 11.1 Å². The van der Waals surface area contributed by atoms with Crippen LogP contribution in [-0.4, -0.2) is 18.9 Å². The van der Waals surface area contributed by atoms with E-state index < -0.39 is 0 Å². The SMILES string of the molecule is C=CCn1c(SCc2cc(=O)n3ccccc3n2)nc2sccc2c1=O. The van der Waals surface area contributed by atoms with Gasteiger partial charge in [0, 0.05) is 24.6 Å². The van der Waals surface area contributed by atoms with E-state index in [4.69, 9.17) is 0 Å². The van der Waals surface area contributed by atoms with Crippen molar-refractivity contribution in [3.63, 3.8) is 0 Å². The summed E-state index contributed by atoms with van der Waals surface area (Å²) < 4.78 is 3.10. The predicted molar refractivity (Wildman–Crippen MR) is 105 cm³/mol. The summed E-state index contributed by atoms with van der Waals surface area (Å²) in [6.45, 7) is 4.10. The summed E-state index contributed by atoms with van der Waals surface area (Å²) in [6, 6.07) is 8.72. The number of rotatable bonds is 5. The molecule has 130 valence electrons. The molecule has 0 amide bonds. The van der Waals surface area contributed by atoms with Crippen LogP contribution in [0.4, 0.5) is 0 Å². The van der Waals surface area contributed by atoms with E-state index >= 15 is 0 Å². The number of thioether (sulfide) groups is 1. The molecular weight excluding hydrogens is 368 g/mol. The maximum atomic E-state index is 12.6. The lowest BCUT2D eigenvalue weighted by Crippen LogP contribution is -2.22. The van der Waals surface area contributed by atoms with Crippen LogP contribution in [0.2, 0.25) is 0 Å². The lowest BCUT2D eigenvalue weighted by Gasteiger charge is -2.10. The van der Waals surface area contributed by atoms with Crippen molar-refractivity contribution in [3.8, 4) is 0 Å². The molecule has 6 nitrogen and oxygen atoms in total. The zero-order chi connectivity index (χ0) is 18.1. The van der Waals surface area contributed by atoms with Crippen LogP contribution in [-0.2, 0) is 12.3 Å². The van der Waals surface area contributed by atoms with Gasteiger partial charge < -0.3 is 0 Å². The molecule has 4 aromatic heterocycles. The fourth-order valence-corrected chi connectivity index (χ4v) is 4.35. The van der Waals surface area contributed by atoms with E-state index in [1.165, 1.54) is 33.6 Å². The van der Waals surface area contributed by atoms with E-state index in [1.807, 2.05) is 11.4 Å². The van der Waals surface area contributed by atoms with Crippen LogP contribution in [0, 0.1) is 0 Å². The molecule has 0 atom stereocenters. The molecule has 4 aromatic rings. The van der Waals surface area contributed by atoms with E-state index in [9.17, 15) is 9.59 Å². The van der Waals surface area contributed by atoms with Gasteiger partial charge in [-0.2, -0.15) is 0 Å². The minimum atomic E-state index is -0.128. The highest BCUT2D eigenvalue weighted by atomic mass is 32.2. The Bertz CT molecular complexity index is 1240. The Hall–Kier alpha value is -2.71. The largest absolute Gasteiger partial charge is 0.283 e. The Labute approximate surface area is 156 Å². The second-order valence-electron chi connectivity index (χ2n) is 5.54. The number of allylic oxidation sites excluding steroid dienone is 1. The second kappa shape index (κ2) is 6.89. The Kier molecular flexibility index (Phi) is 4.44. The Morgan fingerprint density at radius 1 is 1.23 bits per heavy atom. The van der Waals surface area contributed by atoms with Crippen LogP contribution in [0.15, 0.2) is 69.3 Å². The van der Waals surface area contributed by atoms with Gasteiger partial charge in [-0.1, -0.05) is 23.9 Å². The van der Waals surface area contributed by atoms with Gasteiger partial charge in [-0.05, 0) is 23.6 Å². The Balaban J connectivity index is 1.71. The fourth-order valence-electron chi connectivity index (χ4n) is 2.65. The zero-order valence-corrected chi connectivity index (χ0v) is 15.3. The third-order valence-electron chi connectivity index (χ3n) is 3.83. The molecule has 0 saturated carbocycles. The Morgan fingerprint density at radius 3 is 2.96 bits per heavy atom. The average molecular weight is 382 g/mol. The summed E-state index contributed by atoms with van der Waals surface area (Å²) in [5.41, 5.74) is 1.04. The molecule has 0 aliphatic heterocycles. The molecule has 0 radical (unpaired) electrons. The molecule has 0 bridgehead atoms. The minimum Gasteiger partial charge on any atom is -0.283 e.